The molecule has 0 saturated carbocycles. The summed E-state index contributed by atoms with van der Waals surface area (Å²) in [5, 5.41) is 0. The fraction of sp³-hybridized carbons (Fsp3) is 0.974. The van der Waals surface area contributed by atoms with Crippen LogP contribution < -0.4 is 0 Å². The van der Waals surface area contributed by atoms with Crippen LogP contribution in [0, 0.1) is 0 Å². The lowest BCUT2D eigenvalue weighted by molar-refractivity contribution is -0.928. The number of quaternary nitrogens is 1. The molecule has 4 heteroatoms. The second-order valence-electron chi connectivity index (χ2n) is 13.2. The Labute approximate surface area is 265 Å². The molecular formula is C38H78NO3+. The Balaban J connectivity index is 3.80. The van der Waals surface area contributed by atoms with Crippen LogP contribution >= 0.6 is 0 Å². The van der Waals surface area contributed by atoms with Gasteiger partial charge in [-0.15, -0.1) is 0 Å². The van der Waals surface area contributed by atoms with E-state index in [4.69, 9.17) is 9.47 Å². The summed E-state index contributed by atoms with van der Waals surface area (Å²) in [6.07, 6.45) is 34.2. The van der Waals surface area contributed by atoms with Gasteiger partial charge >= 0.3 is 5.97 Å². The SMILES string of the molecule is CCCCCCCCCCCCCCCC(=O)OCCOCC[N+](CCC)(CCC)CCCCCCCCCCCC. The molecule has 0 saturated heterocycles. The van der Waals surface area contributed by atoms with Crippen LogP contribution in [0.25, 0.3) is 0 Å². The summed E-state index contributed by atoms with van der Waals surface area (Å²) in [6, 6.07) is 0. The molecule has 0 spiro atoms. The average Bonchev–Trinajstić information content (AvgIpc) is 2.98. The summed E-state index contributed by atoms with van der Waals surface area (Å²) in [7, 11) is 0. The van der Waals surface area contributed by atoms with Crippen molar-refractivity contribution < 1.29 is 18.8 Å². The van der Waals surface area contributed by atoms with Crippen molar-refractivity contribution >= 4 is 5.97 Å². The number of ether oxygens (including phenoxy) is 2. The highest BCUT2D eigenvalue weighted by atomic mass is 16.6. The second kappa shape index (κ2) is 33.3. The van der Waals surface area contributed by atoms with E-state index in [1.165, 1.54) is 172 Å². The predicted molar refractivity (Wildman–Crippen MR) is 184 cm³/mol. The summed E-state index contributed by atoms with van der Waals surface area (Å²) in [5.41, 5.74) is 0. The van der Waals surface area contributed by atoms with Crippen LogP contribution in [-0.4, -0.2) is 56.5 Å². The molecular weight excluding hydrogens is 518 g/mol. The molecule has 0 amide bonds. The van der Waals surface area contributed by atoms with Crippen LogP contribution in [0.3, 0.4) is 0 Å². The van der Waals surface area contributed by atoms with Crippen LogP contribution in [0.15, 0.2) is 0 Å². The van der Waals surface area contributed by atoms with Crippen molar-refractivity contribution in [1.82, 2.24) is 0 Å². The molecule has 0 radical (unpaired) electrons. The molecule has 0 aliphatic carbocycles. The highest BCUT2D eigenvalue weighted by Crippen LogP contribution is 2.16. The number of carbonyl (C=O) groups is 1. The smallest absolute Gasteiger partial charge is 0.305 e. The van der Waals surface area contributed by atoms with Gasteiger partial charge in [0, 0.05) is 6.42 Å². The van der Waals surface area contributed by atoms with Crippen molar-refractivity contribution in [2.75, 3.05) is 46.0 Å². The minimum Gasteiger partial charge on any atom is -0.463 e. The molecule has 42 heavy (non-hydrogen) atoms. The summed E-state index contributed by atoms with van der Waals surface area (Å²) < 4.78 is 12.6. The Bertz CT molecular complexity index is 532. The van der Waals surface area contributed by atoms with Gasteiger partial charge in [0.05, 0.1) is 32.8 Å². The number of nitrogens with zero attached hydrogens (tertiary/aromatic N) is 1. The first-order valence-electron chi connectivity index (χ1n) is 19.2. The molecule has 0 aliphatic heterocycles. The van der Waals surface area contributed by atoms with E-state index < -0.39 is 0 Å². The second-order valence-corrected chi connectivity index (χ2v) is 13.2. The van der Waals surface area contributed by atoms with E-state index in [1.807, 2.05) is 0 Å². The van der Waals surface area contributed by atoms with Crippen molar-refractivity contribution in [3.8, 4) is 0 Å². The fourth-order valence-corrected chi connectivity index (χ4v) is 6.49. The topological polar surface area (TPSA) is 35.5 Å². The normalized spacial score (nSPS) is 11.8. The van der Waals surface area contributed by atoms with Gasteiger partial charge in [-0.25, -0.2) is 0 Å². The maximum absolute atomic E-state index is 12.1. The van der Waals surface area contributed by atoms with Gasteiger partial charge in [-0.3, -0.25) is 4.79 Å². The van der Waals surface area contributed by atoms with Crippen molar-refractivity contribution in [3.63, 3.8) is 0 Å². The molecule has 0 aliphatic rings. The van der Waals surface area contributed by atoms with Crippen molar-refractivity contribution in [1.29, 1.82) is 0 Å². The van der Waals surface area contributed by atoms with Gasteiger partial charge in [0.15, 0.2) is 0 Å². The average molecular weight is 597 g/mol. The van der Waals surface area contributed by atoms with Crippen molar-refractivity contribution in [2.45, 2.75) is 195 Å². The number of carbonyl (C=O) groups excluding carboxylic acids is 1. The lowest BCUT2D eigenvalue weighted by atomic mass is 10.0. The zero-order valence-electron chi connectivity index (χ0n) is 29.5. The molecule has 0 heterocycles. The van der Waals surface area contributed by atoms with Crippen LogP contribution in [0.2, 0.25) is 0 Å². The third kappa shape index (κ3) is 28.2. The van der Waals surface area contributed by atoms with Gasteiger partial charge < -0.3 is 14.0 Å². The minimum atomic E-state index is -0.0512. The number of esters is 1. The van der Waals surface area contributed by atoms with E-state index in [-0.39, 0.29) is 5.97 Å². The van der Waals surface area contributed by atoms with Crippen LogP contribution in [-0.2, 0) is 14.3 Å². The Morgan fingerprint density at radius 1 is 0.405 bits per heavy atom. The van der Waals surface area contributed by atoms with Crippen molar-refractivity contribution in [3.05, 3.63) is 0 Å². The van der Waals surface area contributed by atoms with E-state index in [1.54, 1.807) is 0 Å². The molecule has 0 rings (SSSR count). The van der Waals surface area contributed by atoms with Gasteiger partial charge in [0.1, 0.15) is 13.2 Å². The molecule has 0 fully saturated rings. The highest BCUT2D eigenvalue weighted by Gasteiger charge is 2.24. The molecule has 0 unspecified atom stereocenters. The number of rotatable bonds is 35. The molecule has 0 atom stereocenters. The highest BCUT2D eigenvalue weighted by molar-refractivity contribution is 5.69. The Hall–Kier alpha value is -0.610. The maximum Gasteiger partial charge on any atom is 0.305 e. The molecule has 0 aromatic heterocycles. The zero-order chi connectivity index (χ0) is 30.8. The largest absolute Gasteiger partial charge is 0.463 e. The third-order valence-electron chi connectivity index (χ3n) is 9.07. The Kier molecular flexibility index (Phi) is 32.8. The molecule has 0 aromatic rings. The van der Waals surface area contributed by atoms with Crippen molar-refractivity contribution in [2.24, 2.45) is 0 Å². The van der Waals surface area contributed by atoms with Crippen LogP contribution in [0.5, 0.6) is 0 Å². The first-order chi connectivity index (χ1) is 20.6. The summed E-state index contributed by atoms with van der Waals surface area (Å²) in [4.78, 5) is 12.1. The first-order valence-corrected chi connectivity index (χ1v) is 19.2. The molecule has 252 valence electrons. The quantitative estimate of drug-likeness (QED) is 0.0415. The Morgan fingerprint density at radius 2 is 0.810 bits per heavy atom. The lowest BCUT2D eigenvalue weighted by Crippen LogP contribution is -2.51. The number of hydrogen-bond donors (Lipinski definition) is 0. The number of hydrogen-bond acceptors (Lipinski definition) is 3. The third-order valence-corrected chi connectivity index (χ3v) is 9.07. The minimum absolute atomic E-state index is 0.0512. The fourth-order valence-electron chi connectivity index (χ4n) is 6.49. The summed E-state index contributed by atoms with van der Waals surface area (Å²) in [5.74, 6) is -0.0512. The molecule has 0 N–H and O–H groups in total. The number of unbranched alkanes of at least 4 members (excludes halogenated alkanes) is 21. The van der Waals surface area contributed by atoms with Gasteiger partial charge in [-0.05, 0) is 32.1 Å². The van der Waals surface area contributed by atoms with E-state index in [2.05, 4.69) is 27.7 Å². The maximum atomic E-state index is 12.1. The molecule has 0 aromatic carbocycles. The van der Waals surface area contributed by atoms with E-state index in [0.717, 1.165) is 26.0 Å². The molecule has 4 nitrogen and oxygen atoms in total. The first kappa shape index (κ1) is 41.4. The predicted octanol–water partition coefficient (Wildman–Crippen LogP) is 11.6. The van der Waals surface area contributed by atoms with Gasteiger partial charge in [-0.2, -0.15) is 0 Å². The lowest BCUT2D eigenvalue weighted by Gasteiger charge is -2.38. The van der Waals surface area contributed by atoms with Gasteiger partial charge in [0.2, 0.25) is 0 Å². The van der Waals surface area contributed by atoms with E-state index in [0.29, 0.717) is 19.6 Å². The van der Waals surface area contributed by atoms with E-state index >= 15 is 0 Å². The monoisotopic (exact) mass is 597 g/mol. The summed E-state index contributed by atoms with van der Waals surface area (Å²) in [6.45, 7) is 15.8. The zero-order valence-corrected chi connectivity index (χ0v) is 29.5. The summed E-state index contributed by atoms with van der Waals surface area (Å²) >= 11 is 0. The van der Waals surface area contributed by atoms with Gasteiger partial charge in [-0.1, -0.05) is 156 Å². The standard InChI is InChI=1S/C38H78NO3/c1-5-9-11-13-15-17-19-20-21-22-24-26-28-30-38(40)42-37-36-41-35-34-39(31-7-3,32-8-4)33-29-27-25-23-18-16-14-12-10-6-2/h5-37H2,1-4H3/q+1. The Morgan fingerprint density at radius 3 is 1.24 bits per heavy atom. The van der Waals surface area contributed by atoms with E-state index in [9.17, 15) is 4.79 Å². The van der Waals surface area contributed by atoms with Crippen LogP contribution in [0.1, 0.15) is 195 Å². The van der Waals surface area contributed by atoms with Crippen LogP contribution in [0.4, 0.5) is 0 Å². The molecule has 0 bridgehead atoms. The van der Waals surface area contributed by atoms with Gasteiger partial charge in [0.25, 0.3) is 0 Å².